The van der Waals surface area contributed by atoms with Crippen LogP contribution >= 0.6 is 23.4 Å². The summed E-state index contributed by atoms with van der Waals surface area (Å²) in [5.41, 5.74) is 0.0801. The van der Waals surface area contributed by atoms with E-state index in [-0.39, 0.29) is 5.56 Å². The summed E-state index contributed by atoms with van der Waals surface area (Å²) < 4.78 is 27.5. The molecule has 1 N–H and O–H groups in total. The van der Waals surface area contributed by atoms with Crippen molar-refractivity contribution < 1.29 is 8.78 Å². The molecule has 0 bridgehead atoms. The van der Waals surface area contributed by atoms with Crippen LogP contribution in [-0.2, 0) is 0 Å². The first-order valence-electron chi connectivity index (χ1n) is 6.11. The van der Waals surface area contributed by atoms with E-state index in [1.807, 2.05) is 12.1 Å². The second-order valence-corrected chi connectivity index (χ2v) is 5.77. The van der Waals surface area contributed by atoms with Crippen LogP contribution in [0.3, 0.4) is 0 Å². The predicted octanol–water partition coefficient (Wildman–Crippen LogP) is 4.67. The molecule has 0 radical (unpaired) electrons. The molecule has 0 aliphatic rings. The zero-order valence-corrected chi connectivity index (χ0v) is 12.4. The molecule has 2 aromatic rings. The van der Waals surface area contributed by atoms with Gasteiger partial charge in [0.2, 0.25) is 0 Å². The van der Waals surface area contributed by atoms with Crippen LogP contribution in [0, 0.1) is 11.6 Å². The Kier molecular flexibility index (Phi) is 5.40. The highest BCUT2D eigenvalue weighted by atomic mass is 35.5. The van der Waals surface area contributed by atoms with Gasteiger partial charge in [0.1, 0.15) is 11.6 Å². The normalized spacial score (nSPS) is 12.4. The Morgan fingerprint density at radius 2 is 1.70 bits per heavy atom. The van der Waals surface area contributed by atoms with Crippen molar-refractivity contribution in [3.8, 4) is 0 Å². The highest BCUT2D eigenvalue weighted by Gasteiger charge is 2.18. The summed E-state index contributed by atoms with van der Waals surface area (Å²) >= 11 is 7.34. The van der Waals surface area contributed by atoms with E-state index < -0.39 is 17.7 Å². The topological polar surface area (TPSA) is 12.0 Å². The summed E-state index contributed by atoms with van der Waals surface area (Å²) in [6, 6.07) is 10.9. The van der Waals surface area contributed by atoms with Gasteiger partial charge in [0.25, 0.3) is 0 Å². The number of hydrogen-bond donors (Lipinski definition) is 1. The van der Waals surface area contributed by atoms with Crippen LogP contribution in [0.4, 0.5) is 8.78 Å². The van der Waals surface area contributed by atoms with Gasteiger partial charge in [-0.25, -0.2) is 8.78 Å². The minimum atomic E-state index is -0.527. The van der Waals surface area contributed by atoms with Crippen LogP contribution in [-0.4, -0.2) is 12.8 Å². The molecule has 0 saturated heterocycles. The van der Waals surface area contributed by atoms with Gasteiger partial charge in [-0.3, -0.25) is 0 Å². The summed E-state index contributed by atoms with van der Waals surface area (Å²) in [7, 11) is 1.69. The van der Waals surface area contributed by atoms with Gasteiger partial charge in [0.05, 0.1) is 0 Å². The first-order valence-corrected chi connectivity index (χ1v) is 7.47. The highest BCUT2D eigenvalue weighted by Crippen LogP contribution is 2.28. The van der Waals surface area contributed by atoms with Crippen molar-refractivity contribution in [2.75, 3.05) is 12.8 Å². The minimum absolute atomic E-state index is 0.0801. The molecule has 0 fully saturated rings. The van der Waals surface area contributed by atoms with Crippen molar-refractivity contribution >= 4 is 23.4 Å². The maximum absolute atomic E-state index is 13.8. The van der Waals surface area contributed by atoms with Crippen molar-refractivity contribution in [1.82, 2.24) is 5.32 Å². The second kappa shape index (κ2) is 7.07. The van der Waals surface area contributed by atoms with Crippen molar-refractivity contribution in [1.29, 1.82) is 0 Å². The molecule has 0 aromatic heterocycles. The lowest BCUT2D eigenvalue weighted by atomic mass is 10.1. The molecule has 0 heterocycles. The SMILES string of the molecule is CNC(CSc1ccc(Cl)cc1)c1c(F)cccc1F. The van der Waals surface area contributed by atoms with Crippen molar-refractivity contribution in [3.63, 3.8) is 0 Å². The average molecular weight is 314 g/mol. The van der Waals surface area contributed by atoms with Crippen LogP contribution in [0.15, 0.2) is 47.4 Å². The summed E-state index contributed by atoms with van der Waals surface area (Å²) in [4.78, 5) is 1.01. The van der Waals surface area contributed by atoms with E-state index in [2.05, 4.69) is 5.32 Å². The molecule has 0 saturated carbocycles. The van der Waals surface area contributed by atoms with Crippen LogP contribution in [0.1, 0.15) is 11.6 Å². The molecular formula is C15H14ClF2NS. The van der Waals surface area contributed by atoms with E-state index >= 15 is 0 Å². The third kappa shape index (κ3) is 3.72. The standard InChI is InChI=1S/C15H14ClF2NS/c1-19-14(15-12(17)3-2-4-13(15)18)9-20-11-7-5-10(16)6-8-11/h2-8,14,19H,9H2,1H3. The fraction of sp³-hybridized carbons (Fsp3) is 0.200. The molecule has 2 rings (SSSR count). The largest absolute Gasteiger partial charge is 0.312 e. The van der Waals surface area contributed by atoms with Crippen LogP contribution in [0.5, 0.6) is 0 Å². The Bertz CT molecular complexity index is 554. The zero-order valence-electron chi connectivity index (χ0n) is 10.9. The Morgan fingerprint density at radius 1 is 1.10 bits per heavy atom. The smallest absolute Gasteiger partial charge is 0.130 e. The van der Waals surface area contributed by atoms with Gasteiger partial charge >= 0.3 is 0 Å². The fourth-order valence-electron chi connectivity index (χ4n) is 1.86. The van der Waals surface area contributed by atoms with E-state index in [1.165, 1.54) is 30.0 Å². The van der Waals surface area contributed by atoms with Gasteiger partial charge in [-0.2, -0.15) is 0 Å². The molecule has 20 heavy (non-hydrogen) atoms. The van der Waals surface area contributed by atoms with E-state index in [4.69, 9.17) is 11.6 Å². The summed E-state index contributed by atoms with van der Waals surface area (Å²) in [5.74, 6) is -0.530. The van der Waals surface area contributed by atoms with E-state index in [0.29, 0.717) is 10.8 Å². The molecular weight excluding hydrogens is 300 g/mol. The third-order valence-electron chi connectivity index (χ3n) is 2.93. The number of nitrogens with one attached hydrogen (secondary N) is 1. The zero-order chi connectivity index (χ0) is 14.5. The number of rotatable bonds is 5. The van der Waals surface area contributed by atoms with E-state index in [1.54, 1.807) is 19.2 Å². The molecule has 0 aliphatic heterocycles. The summed E-state index contributed by atoms with van der Waals surface area (Å²) in [5, 5.41) is 3.62. The van der Waals surface area contributed by atoms with Crippen LogP contribution < -0.4 is 5.32 Å². The predicted molar refractivity (Wildman–Crippen MR) is 80.3 cm³/mol. The molecule has 106 valence electrons. The monoisotopic (exact) mass is 313 g/mol. The quantitative estimate of drug-likeness (QED) is 0.805. The molecule has 0 spiro atoms. The molecule has 1 nitrogen and oxygen atoms in total. The Labute approximate surface area is 126 Å². The maximum atomic E-state index is 13.8. The third-order valence-corrected chi connectivity index (χ3v) is 4.28. The lowest BCUT2D eigenvalue weighted by Gasteiger charge is -2.17. The Hall–Kier alpha value is -1.10. The lowest BCUT2D eigenvalue weighted by Crippen LogP contribution is -2.21. The molecule has 1 unspecified atom stereocenters. The first-order chi connectivity index (χ1) is 9.61. The minimum Gasteiger partial charge on any atom is -0.312 e. The van der Waals surface area contributed by atoms with Gasteiger partial charge < -0.3 is 5.32 Å². The second-order valence-electron chi connectivity index (χ2n) is 4.24. The van der Waals surface area contributed by atoms with Crippen molar-refractivity contribution in [2.24, 2.45) is 0 Å². The van der Waals surface area contributed by atoms with Crippen molar-refractivity contribution in [2.45, 2.75) is 10.9 Å². The van der Waals surface area contributed by atoms with Gasteiger partial charge in [-0.1, -0.05) is 17.7 Å². The summed E-state index contributed by atoms with van der Waals surface area (Å²) in [6.45, 7) is 0. The fourth-order valence-corrected chi connectivity index (χ4v) is 3.01. The summed E-state index contributed by atoms with van der Waals surface area (Å²) in [6.07, 6.45) is 0. The van der Waals surface area contributed by atoms with E-state index in [9.17, 15) is 8.78 Å². The molecule has 5 heteroatoms. The van der Waals surface area contributed by atoms with Crippen molar-refractivity contribution in [3.05, 3.63) is 64.7 Å². The lowest BCUT2D eigenvalue weighted by molar-refractivity contribution is 0.513. The first kappa shape index (κ1) is 15.3. The Morgan fingerprint density at radius 3 is 2.25 bits per heavy atom. The average Bonchev–Trinajstić information content (AvgIpc) is 2.44. The van der Waals surface area contributed by atoms with Crippen LogP contribution in [0.2, 0.25) is 5.02 Å². The Balaban J connectivity index is 2.11. The van der Waals surface area contributed by atoms with Gasteiger partial charge in [0.15, 0.2) is 0 Å². The number of halogens is 3. The molecule has 0 aliphatic carbocycles. The highest BCUT2D eigenvalue weighted by molar-refractivity contribution is 7.99. The van der Waals surface area contributed by atoms with Crippen LogP contribution in [0.25, 0.3) is 0 Å². The molecule has 2 aromatic carbocycles. The molecule has 0 amide bonds. The number of hydrogen-bond acceptors (Lipinski definition) is 2. The number of benzene rings is 2. The maximum Gasteiger partial charge on any atom is 0.130 e. The molecule has 1 atom stereocenters. The van der Waals surface area contributed by atoms with Gasteiger partial charge in [-0.05, 0) is 43.4 Å². The van der Waals surface area contributed by atoms with Gasteiger partial charge in [0, 0.05) is 27.3 Å². The van der Waals surface area contributed by atoms with E-state index in [0.717, 1.165) is 4.90 Å². The number of thioether (sulfide) groups is 1. The van der Waals surface area contributed by atoms with Gasteiger partial charge in [-0.15, -0.1) is 11.8 Å².